The number of hydrogen-bond donors (Lipinski definition) is 1. The molecule has 1 aromatic rings. The van der Waals surface area contributed by atoms with Gasteiger partial charge in [-0.25, -0.2) is 0 Å². The van der Waals surface area contributed by atoms with E-state index in [2.05, 4.69) is 41.9 Å². The second-order valence-electron chi connectivity index (χ2n) is 3.55. The summed E-state index contributed by atoms with van der Waals surface area (Å²) in [7, 11) is 1.94. The molecule has 0 spiro atoms. The summed E-state index contributed by atoms with van der Waals surface area (Å²) < 4.78 is 2.10. The second kappa shape index (κ2) is 4.42. The second-order valence-corrected chi connectivity index (χ2v) is 3.55. The molecule has 13 heavy (non-hydrogen) atoms. The predicted octanol–water partition coefficient (Wildman–Crippen LogP) is 1.75. The van der Waals surface area contributed by atoms with Crippen LogP contribution in [0.25, 0.3) is 0 Å². The zero-order valence-corrected chi connectivity index (χ0v) is 8.96. The number of aromatic nitrogens is 2. The zero-order valence-electron chi connectivity index (χ0n) is 8.96. The molecule has 0 unspecified atom stereocenters. The molecule has 3 nitrogen and oxygen atoms in total. The van der Waals surface area contributed by atoms with Gasteiger partial charge in [-0.2, -0.15) is 5.10 Å². The minimum Gasteiger partial charge on any atom is -0.314 e. The van der Waals surface area contributed by atoms with Gasteiger partial charge >= 0.3 is 0 Å². The molecule has 3 heteroatoms. The summed E-state index contributed by atoms with van der Waals surface area (Å²) in [5.74, 6) is 0. The fourth-order valence-electron chi connectivity index (χ4n) is 1.47. The van der Waals surface area contributed by atoms with E-state index in [1.54, 1.807) is 0 Å². The Bertz CT molecular complexity index is 263. The molecular weight excluding hydrogens is 162 g/mol. The fourth-order valence-corrected chi connectivity index (χ4v) is 1.47. The Morgan fingerprint density at radius 1 is 1.54 bits per heavy atom. The molecule has 0 bridgehead atoms. The lowest BCUT2D eigenvalue weighted by molar-refractivity contribution is 0.505. The van der Waals surface area contributed by atoms with Crippen molar-refractivity contribution in [1.82, 2.24) is 15.1 Å². The third kappa shape index (κ3) is 2.31. The van der Waals surface area contributed by atoms with Crippen LogP contribution in [0.3, 0.4) is 0 Å². The molecular formula is C10H19N3. The number of nitrogens with one attached hydrogen (secondary N) is 1. The van der Waals surface area contributed by atoms with E-state index in [0.717, 1.165) is 18.7 Å². The summed E-state index contributed by atoms with van der Waals surface area (Å²) >= 11 is 0. The standard InChI is InChI=1S/C10H19N3/c1-5-10-6-9(7-11-4)12-13(10)8(2)3/h6,8,11H,5,7H2,1-4H3. The van der Waals surface area contributed by atoms with Gasteiger partial charge in [-0.05, 0) is 33.4 Å². The Morgan fingerprint density at radius 3 is 2.62 bits per heavy atom. The van der Waals surface area contributed by atoms with Gasteiger partial charge < -0.3 is 5.32 Å². The van der Waals surface area contributed by atoms with Gasteiger partial charge in [0.05, 0.1) is 5.69 Å². The Morgan fingerprint density at radius 2 is 2.23 bits per heavy atom. The monoisotopic (exact) mass is 181 g/mol. The van der Waals surface area contributed by atoms with Crippen molar-refractivity contribution in [3.63, 3.8) is 0 Å². The van der Waals surface area contributed by atoms with E-state index in [-0.39, 0.29) is 0 Å². The minimum absolute atomic E-state index is 0.459. The summed E-state index contributed by atoms with van der Waals surface area (Å²) in [6, 6.07) is 2.64. The molecule has 0 aliphatic rings. The van der Waals surface area contributed by atoms with Gasteiger partial charge in [-0.3, -0.25) is 4.68 Å². The van der Waals surface area contributed by atoms with Crippen LogP contribution in [0, 0.1) is 0 Å². The first-order valence-electron chi connectivity index (χ1n) is 4.91. The van der Waals surface area contributed by atoms with Crippen molar-refractivity contribution < 1.29 is 0 Å². The molecule has 0 aliphatic heterocycles. The number of rotatable bonds is 4. The lowest BCUT2D eigenvalue weighted by atomic mass is 10.3. The minimum atomic E-state index is 0.459. The maximum atomic E-state index is 4.52. The number of aryl methyl sites for hydroxylation is 1. The average molecular weight is 181 g/mol. The molecule has 0 aliphatic carbocycles. The van der Waals surface area contributed by atoms with E-state index >= 15 is 0 Å². The van der Waals surface area contributed by atoms with Crippen LogP contribution in [-0.2, 0) is 13.0 Å². The highest BCUT2D eigenvalue weighted by Crippen LogP contribution is 2.11. The van der Waals surface area contributed by atoms with E-state index in [9.17, 15) is 0 Å². The average Bonchev–Trinajstić information content (AvgIpc) is 2.48. The van der Waals surface area contributed by atoms with Crippen molar-refractivity contribution in [2.24, 2.45) is 0 Å². The normalized spacial score (nSPS) is 11.2. The van der Waals surface area contributed by atoms with Gasteiger partial charge in [0, 0.05) is 18.3 Å². The van der Waals surface area contributed by atoms with Crippen LogP contribution in [0.1, 0.15) is 38.2 Å². The highest BCUT2D eigenvalue weighted by molar-refractivity contribution is 5.10. The summed E-state index contributed by atoms with van der Waals surface area (Å²) in [4.78, 5) is 0. The van der Waals surface area contributed by atoms with Gasteiger partial charge in [0.25, 0.3) is 0 Å². The smallest absolute Gasteiger partial charge is 0.0765 e. The van der Waals surface area contributed by atoms with E-state index in [1.165, 1.54) is 5.69 Å². The summed E-state index contributed by atoms with van der Waals surface area (Å²) in [6.45, 7) is 7.34. The van der Waals surface area contributed by atoms with E-state index in [0.29, 0.717) is 6.04 Å². The van der Waals surface area contributed by atoms with Gasteiger partial charge in [0.15, 0.2) is 0 Å². The molecule has 1 heterocycles. The van der Waals surface area contributed by atoms with Crippen molar-refractivity contribution in [3.8, 4) is 0 Å². The molecule has 0 radical (unpaired) electrons. The molecule has 0 fully saturated rings. The molecule has 1 rings (SSSR count). The Balaban J connectivity index is 2.90. The van der Waals surface area contributed by atoms with Crippen LogP contribution >= 0.6 is 0 Å². The molecule has 0 saturated heterocycles. The van der Waals surface area contributed by atoms with Gasteiger partial charge in [-0.15, -0.1) is 0 Å². The van der Waals surface area contributed by atoms with E-state index in [1.807, 2.05) is 7.05 Å². The summed E-state index contributed by atoms with van der Waals surface area (Å²) in [6.07, 6.45) is 1.05. The van der Waals surface area contributed by atoms with E-state index in [4.69, 9.17) is 0 Å². The van der Waals surface area contributed by atoms with Crippen LogP contribution in [0.2, 0.25) is 0 Å². The first-order valence-corrected chi connectivity index (χ1v) is 4.91. The van der Waals surface area contributed by atoms with Crippen molar-refractivity contribution in [1.29, 1.82) is 0 Å². The highest BCUT2D eigenvalue weighted by Gasteiger charge is 2.07. The van der Waals surface area contributed by atoms with Crippen LogP contribution in [-0.4, -0.2) is 16.8 Å². The number of hydrogen-bond acceptors (Lipinski definition) is 2. The highest BCUT2D eigenvalue weighted by atomic mass is 15.3. The van der Waals surface area contributed by atoms with E-state index < -0.39 is 0 Å². The Kier molecular flexibility index (Phi) is 3.48. The summed E-state index contributed by atoms with van der Waals surface area (Å²) in [5.41, 5.74) is 2.45. The first kappa shape index (κ1) is 10.3. The topological polar surface area (TPSA) is 29.9 Å². The van der Waals surface area contributed by atoms with Crippen LogP contribution < -0.4 is 5.32 Å². The molecule has 0 atom stereocenters. The molecule has 0 aromatic carbocycles. The lowest BCUT2D eigenvalue weighted by Gasteiger charge is -2.08. The third-order valence-corrected chi connectivity index (χ3v) is 2.07. The molecule has 74 valence electrons. The maximum absolute atomic E-state index is 4.52. The largest absolute Gasteiger partial charge is 0.314 e. The number of nitrogens with zero attached hydrogens (tertiary/aromatic N) is 2. The first-order chi connectivity index (χ1) is 6.19. The van der Waals surface area contributed by atoms with Crippen molar-refractivity contribution in [2.45, 2.75) is 39.8 Å². The van der Waals surface area contributed by atoms with Crippen molar-refractivity contribution in [2.75, 3.05) is 7.05 Å². The quantitative estimate of drug-likeness (QED) is 0.767. The molecule has 0 saturated carbocycles. The molecule has 1 aromatic heterocycles. The zero-order chi connectivity index (χ0) is 9.84. The molecule has 1 N–H and O–H groups in total. The molecule has 0 amide bonds. The summed E-state index contributed by atoms with van der Waals surface area (Å²) in [5, 5.41) is 7.64. The Labute approximate surface area is 80.1 Å². The van der Waals surface area contributed by atoms with Gasteiger partial charge in [0.2, 0.25) is 0 Å². The van der Waals surface area contributed by atoms with Gasteiger partial charge in [0.1, 0.15) is 0 Å². The predicted molar refractivity (Wildman–Crippen MR) is 54.8 cm³/mol. The van der Waals surface area contributed by atoms with Crippen LogP contribution in [0.4, 0.5) is 0 Å². The van der Waals surface area contributed by atoms with Crippen LogP contribution in [0.15, 0.2) is 6.07 Å². The fraction of sp³-hybridized carbons (Fsp3) is 0.700. The van der Waals surface area contributed by atoms with Gasteiger partial charge in [-0.1, -0.05) is 6.92 Å². The Hall–Kier alpha value is -0.830. The van der Waals surface area contributed by atoms with Crippen LogP contribution in [0.5, 0.6) is 0 Å². The van der Waals surface area contributed by atoms with Crippen molar-refractivity contribution in [3.05, 3.63) is 17.5 Å². The maximum Gasteiger partial charge on any atom is 0.0765 e. The SMILES string of the molecule is CCc1cc(CNC)nn1C(C)C. The lowest BCUT2D eigenvalue weighted by Crippen LogP contribution is -2.09. The van der Waals surface area contributed by atoms with Crippen molar-refractivity contribution >= 4 is 0 Å². The third-order valence-electron chi connectivity index (χ3n) is 2.07.